The summed E-state index contributed by atoms with van der Waals surface area (Å²) >= 11 is 0. The fourth-order valence-corrected chi connectivity index (χ4v) is 12.4. The van der Waals surface area contributed by atoms with Gasteiger partial charge in [-0.25, -0.2) is 0 Å². The summed E-state index contributed by atoms with van der Waals surface area (Å²) in [5.74, 6) is 3.23. The molecule has 1 N–H and O–H groups in total. The predicted molar refractivity (Wildman–Crippen MR) is 159 cm³/mol. The minimum Gasteiger partial charge on any atom is -0.465 e. The van der Waals surface area contributed by atoms with E-state index in [0.29, 0.717) is 47.2 Å². The van der Waals surface area contributed by atoms with Crippen LogP contribution in [0, 0.1) is 56.7 Å². The first kappa shape index (κ1) is 29.6. The number of carbonyl (C=O) groups is 1. The zero-order valence-electron chi connectivity index (χ0n) is 26.6. The molecule has 0 saturated heterocycles. The zero-order chi connectivity index (χ0) is 28.6. The van der Waals surface area contributed by atoms with Gasteiger partial charge in [0.15, 0.2) is 0 Å². The van der Waals surface area contributed by atoms with Gasteiger partial charge >= 0.3 is 5.97 Å². The fraction of sp³-hybridized carbons (Fsp3) is 0.914. The summed E-state index contributed by atoms with van der Waals surface area (Å²) in [6, 6.07) is 0. The number of fused-ring (bicyclic) bond motifs is 7. The van der Waals surface area contributed by atoms with E-state index in [2.05, 4.69) is 48.1 Å². The van der Waals surface area contributed by atoms with E-state index in [0.717, 1.165) is 24.7 Å². The molecule has 0 aliphatic heterocycles. The number of esters is 1. The van der Waals surface area contributed by atoms with Crippen LogP contribution in [0.25, 0.3) is 0 Å². The number of allylic oxidation sites excluding steroid dienone is 1. The highest BCUT2D eigenvalue weighted by Gasteiger charge is 2.70. The number of carbonyl (C=O) groups excluding carboxylic acids is 1. The van der Waals surface area contributed by atoms with E-state index in [1.54, 1.807) is 0 Å². The van der Waals surface area contributed by atoms with Crippen molar-refractivity contribution in [2.24, 2.45) is 56.7 Å². The minimum absolute atomic E-state index is 0.00825. The van der Waals surface area contributed by atoms with Gasteiger partial charge in [0.05, 0.1) is 19.3 Å². The van der Waals surface area contributed by atoms with Crippen LogP contribution in [0.1, 0.15) is 112 Å². The molecule has 0 amide bonds. The van der Waals surface area contributed by atoms with Gasteiger partial charge in [0, 0.05) is 0 Å². The average Bonchev–Trinajstić information content (AvgIpc) is 3.22. The maximum absolute atomic E-state index is 12.4. The van der Waals surface area contributed by atoms with Gasteiger partial charge in [-0.05, 0) is 148 Å². The molecule has 5 aliphatic rings. The number of hydrogen-bond donors (Lipinski definition) is 1. The van der Waals surface area contributed by atoms with Crippen LogP contribution in [0.4, 0.5) is 0 Å². The number of likely N-dealkylation sites (N-methyl/N-ethyl adjacent to an activating group) is 1. The monoisotopic (exact) mass is 541 g/mol. The summed E-state index contributed by atoms with van der Waals surface area (Å²) in [4.78, 5) is 14.2. The largest absolute Gasteiger partial charge is 0.465 e. The lowest BCUT2D eigenvalue weighted by molar-refractivity contribution is -0.248. The number of rotatable bonds is 6. The van der Waals surface area contributed by atoms with Crippen LogP contribution in [0.5, 0.6) is 0 Å². The fourth-order valence-electron chi connectivity index (χ4n) is 12.4. The van der Waals surface area contributed by atoms with E-state index in [4.69, 9.17) is 4.74 Å². The smallest absolute Gasteiger partial charge is 0.320 e. The average molecular weight is 542 g/mol. The van der Waals surface area contributed by atoms with Gasteiger partial charge in [0.25, 0.3) is 0 Å². The molecule has 0 aromatic rings. The first-order valence-corrected chi connectivity index (χ1v) is 16.3. The van der Waals surface area contributed by atoms with Gasteiger partial charge in [0.1, 0.15) is 0 Å². The number of aliphatic hydroxyl groups excluding tert-OH is 1. The van der Waals surface area contributed by atoms with Gasteiger partial charge in [-0.3, -0.25) is 9.69 Å². The summed E-state index contributed by atoms with van der Waals surface area (Å²) < 4.78 is 5.80. The van der Waals surface area contributed by atoms with E-state index < -0.39 is 0 Å². The highest BCUT2D eigenvalue weighted by molar-refractivity contribution is 5.71. The van der Waals surface area contributed by atoms with Crippen LogP contribution >= 0.6 is 0 Å². The molecule has 5 saturated carbocycles. The Hall–Kier alpha value is -0.870. The van der Waals surface area contributed by atoms with Crippen molar-refractivity contribution in [3.05, 3.63) is 12.2 Å². The Morgan fingerprint density at radius 2 is 1.62 bits per heavy atom. The lowest BCUT2D eigenvalue weighted by Gasteiger charge is -2.73. The van der Waals surface area contributed by atoms with Crippen LogP contribution in [0.2, 0.25) is 0 Å². The van der Waals surface area contributed by atoms with Crippen molar-refractivity contribution in [2.45, 2.75) is 118 Å². The van der Waals surface area contributed by atoms with Crippen molar-refractivity contribution in [1.29, 1.82) is 0 Å². The van der Waals surface area contributed by atoms with E-state index in [1.165, 1.54) is 63.4 Å². The van der Waals surface area contributed by atoms with Gasteiger partial charge in [-0.1, -0.05) is 46.8 Å². The van der Waals surface area contributed by atoms with Crippen LogP contribution in [0.3, 0.4) is 0 Å². The molecule has 0 aromatic heterocycles. The highest BCUT2D eigenvalue weighted by Crippen LogP contribution is 2.77. The van der Waals surface area contributed by atoms with Crippen molar-refractivity contribution in [3.8, 4) is 0 Å². The summed E-state index contributed by atoms with van der Waals surface area (Å²) in [6.45, 7) is 20.5. The Morgan fingerprint density at radius 3 is 2.28 bits per heavy atom. The summed E-state index contributed by atoms with van der Waals surface area (Å²) in [6.07, 6.45) is 13.3. The van der Waals surface area contributed by atoms with Gasteiger partial charge < -0.3 is 9.84 Å². The Bertz CT molecular complexity index is 973. The second-order valence-corrected chi connectivity index (χ2v) is 16.6. The zero-order valence-corrected chi connectivity index (χ0v) is 26.6. The van der Waals surface area contributed by atoms with Crippen molar-refractivity contribution >= 4 is 5.97 Å². The number of ether oxygens (including phenoxy) is 1. The third-order valence-electron chi connectivity index (χ3n) is 14.5. The second kappa shape index (κ2) is 9.85. The van der Waals surface area contributed by atoms with Crippen molar-refractivity contribution in [1.82, 2.24) is 4.90 Å². The van der Waals surface area contributed by atoms with Gasteiger partial charge in [0.2, 0.25) is 0 Å². The van der Waals surface area contributed by atoms with Crippen molar-refractivity contribution in [2.75, 3.05) is 27.2 Å². The summed E-state index contributed by atoms with van der Waals surface area (Å²) in [5, 5.41) is 11.0. The SMILES string of the molecule is C=C(C)[C@@H]1CC[C@]2(CCOC(=O)CN(C)C)CC[C@]3(C)[C@H](CC[C@@H]4[C@@]5(C)CC[C@H](O)C(C)(C)[C@@H]5CC[C@]43C)[C@@H]12. The first-order chi connectivity index (χ1) is 18.1. The van der Waals surface area contributed by atoms with Crippen LogP contribution < -0.4 is 0 Å². The lowest BCUT2D eigenvalue weighted by atomic mass is 9.32. The molecule has 0 spiro atoms. The molecule has 222 valence electrons. The Labute approximate surface area is 239 Å². The Balaban J connectivity index is 1.44. The van der Waals surface area contributed by atoms with Gasteiger partial charge in [-0.15, -0.1) is 0 Å². The number of aliphatic hydroxyl groups is 1. The van der Waals surface area contributed by atoms with E-state index in [-0.39, 0.29) is 22.9 Å². The molecule has 0 heterocycles. The third kappa shape index (κ3) is 4.31. The second-order valence-electron chi connectivity index (χ2n) is 16.6. The molecule has 0 aromatic carbocycles. The third-order valence-corrected chi connectivity index (χ3v) is 14.5. The number of nitrogens with zero attached hydrogens (tertiary/aromatic N) is 1. The molecular formula is C35H59NO3. The first-order valence-electron chi connectivity index (χ1n) is 16.3. The molecule has 5 fully saturated rings. The highest BCUT2D eigenvalue weighted by atomic mass is 16.5. The molecule has 5 rings (SSSR count). The van der Waals surface area contributed by atoms with Gasteiger partial charge in [-0.2, -0.15) is 0 Å². The maximum Gasteiger partial charge on any atom is 0.320 e. The molecule has 0 radical (unpaired) electrons. The molecule has 0 unspecified atom stereocenters. The Kier molecular flexibility index (Phi) is 7.48. The minimum atomic E-state index is -0.163. The summed E-state index contributed by atoms with van der Waals surface area (Å²) in [7, 11) is 3.85. The standard InChI is InChI=1S/C35H59NO3/c1-23(2)24-12-17-35(20-21-39-29(38)22-36(8)9)19-18-33(6)25(30(24)35)10-11-27-32(5)15-14-28(37)31(3,4)26(32)13-16-34(27,33)7/h24-28,30,37H,1,10-22H2,2-9H3/t24-,25+,26-,27+,28-,30+,32-,33+,34+,35+/m0/s1. The quantitative estimate of drug-likeness (QED) is 0.279. The van der Waals surface area contributed by atoms with E-state index >= 15 is 0 Å². The Morgan fingerprint density at radius 1 is 0.897 bits per heavy atom. The normalized spacial score (nSPS) is 48.5. The van der Waals surface area contributed by atoms with Crippen molar-refractivity contribution in [3.63, 3.8) is 0 Å². The number of hydrogen-bond acceptors (Lipinski definition) is 4. The van der Waals surface area contributed by atoms with Crippen LogP contribution in [-0.4, -0.2) is 49.3 Å². The maximum atomic E-state index is 12.4. The van der Waals surface area contributed by atoms with E-state index in [9.17, 15) is 9.90 Å². The molecule has 39 heavy (non-hydrogen) atoms. The van der Waals surface area contributed by atoms with Crippen molar-refractivity contribution < 1.29 is 14.6 Å². The topological polar surface area (TPSA) is 49.8 Å². The molecule has 10 atom stereocenters. The van der Waals surface area contributed by atoms with E-state index in [1.807, 2.05) is 19.0 Å². The van der Waals surface area contributed by atoms with Crippen LogP contribution in [0.15, 0.2) is 12.2 Å². The molecule has 4 heteroatoms. The molecule has 0 bridgehead atoms. The summed E-state index contributed by atoms with van der Waals surface area (Å²) in [5.41, 5.74) is 2.66. The molecule has 5 aliphatic carbocycles. The predicted octanol–water partition coefficient (Wildman–Crippen LogP) is 7.50. The van der Waals surface area contributed by atoms with Crippen LogP contribution in [-0.2, 0) is 9.53 Å². The lowest BCUT2D eigenvalue weighted by Crippen LogP contribution is -2.66. The molecule has 4 nitrogen and oxygen atoms in total. The molecular weight excluding hydrogens is 482 g/mol.